The minimum atomic E-state index is 0. The van der Waals surface area contributed by atoms with Crippen molar-refractivity contribution in [3.8, 4) is 23.0 Å². The van der Waals surface area contributed by atoms with Gasteiger partial charge in [0.05, 0.1) is 27.8 Å². The van der Waals surface area contributed by atoms with Crippen LogP contribution in [-0.4, -0.2) is 75.4 Å². The summed E-state index contributed by atoms with van der Waals surface area (Å²) in [6.07, 6.45) is 3.14. The van der Waals surface area contributed by atoms with E-state index in [0.29, 0.717) is 29.6 Å². The monoisotopic (exact) mass is 490 g/mol. The van der Waals surface area contributed by atoms with Crippen molar-refractivity contribution in [1.29, 1.82) is 0 Å². The molecule has 8 heteroatoms. The van der Waals surface area contributed by atoms with Gasteiger partial charge < -0.3 is 29.1 Å². The molecule has 1 heterocycles. The first-order valence-corrected chi connectivity index (χ1v) is 11.5. The van der Waals surface area contributed by atoms with E-state index in [2.05, 4.69) is 11.9 Å². The zero-order valence-corrected chi connectivity index (χ0v) is 21.2. The van der Waals surface area contributed by atoms with E-state index < -0.39 is 0 Å². The molecule has 4 rings (SSSR count). The van der Waals surface area contributed by atoms with Crippen LogP contribution in [0.3, 0.4) is 0 Å². The summed E-state index contributed by atoms with van der Waals surface area (Å²) in [4.78, 5) is 17.2. The van der Waals surface area contributed by atoms with Crippen LogP contribution in [0, 0.1) is 0 Å². The van der Waals surface area contributed by atoms with E-state index >= 15 is 0 Å². The lowest BCUT2D eigenvalue weighted by molar-refractivity contribution is -0.130. The van der Waals surface area contributed by atoms with Gasteiger partial charge in [-0.1, -0.05) is 0 Å². The highest BCUT2D eigenvalue weighted by Crippen LogP contribution is 2.42. The Bertz CT molecular complexity index is 1030. The molecular formula is C26H35ClN2O5. The van der Waals surface area contributed by atoms with Crippen molar-refractivity contribution in [2.45, 2.75) is 31.6 Å². The van der Waals surface area contributed by atoms with Crippen molar-refractivity contribution < 1.29 is 24.1 Å². The van der Waals surface area contributed by atoms with Gasteiger partial charge >= 0.3 is 0 Å². The molecule has 0 unspecified atom stereocenters. The molecule has 2 aliphatic rings. The molecule has 0 radical (unpaired) electrons. The lowest BCUT2D eigenvalue weighted by Gasteiger charge is -2.34. The Morgan fingerprint density at radius 1 is 1.00 bits per heavy atom. The van der Waals surface area contributed by atoms with Crippen LogP contribution in [0.15, 0.2) is 24.3 Å². The molecule has 0 saturated carbocycles. The van der Waals surface area contributed by atoms with Crippen LogP contribution in [0.2, 0.25) is 0 Å². The number of nitrogens with zero attached hydrogens (tertiary/aromatic N) is 2. The number of ether oxygens (including phenoxy) is 3. The molecule has 2 aromatic carbocycles. The molecule has 0 fully saturated rings. The summed E-state index contributed by atoms with van der Waals surface area (Å²) in [5, 5.41) is 9.93. The maximum absolute atomic E-state index is 12.9. The largest absolute Gasteiger partial charge is 0.504 e. The summed E-state index contributed by atoms with van der Waals surface area (Å²) in [6, 6.07) is 7.72. The van der Waals surface area contributed by atoms with Gasteiger partial charge in [-0.2, -0.15) is 0 Å². The Labute approximate surface area is 208 Å². The number of phenols is 1. The third-order valence-electron chi connectivity index (χ3n) is 6.90. The maximum atomic E-state index is 12.9. The number of likely N-dealkylation sites (N-methyl/N-ethyl adjacent to an activating group) is 1. The van der Waals surface area contributed by atoms with Crippen molar-refractivity contribution in [3.05, 3.63) is 46.5 Å². The fraction of sp³-hybridized carbons (Fsp3) is 0.500. The predicted molar refractivity (Wildman–Crippen MR) is 134 cm³/mol. The smallest absolute Gasteiger partial charge is 0.227 e. The second-order valence-corrected chi connectivity index (χ2v) is 9.02. The van der Waals surface area contributed by atoms with Crippen molar-refractivity contribution in [2.24, 2.45) is 0 Å². The first kappa shape index (κ1) is 26.0. The quantitative estimate of drug-likeness (QED) is 0.580. The Balaban J connectivity index is 0.00000324. The molecule has 0 aromatic heterocycles. The molecule has 2 aromatic rings. The van der Waals surface area contributed by atoms with Gasteiger partial charge in [0.2, 0.25) is 5.91 Å². The Hall–Kier alpha value is -2.64. The topological polar surface area (TPSA) is 71.5 Å². The third kappa shape index (κ3) is 5.36. The molecule has 1 amide bonds. The summed E-state index contributed by atoms with van der Waals surface area (Å²) < 4.78 is 16.1. The fourth-order valence-electron chi connectivity index (χ4n) is 5.01. The van der Waals surface area contributed by atoms with Crippen LogP contribution in [0.1, 0.15) is 34.6 Å². The van der Waals surface area contributed by atoms with E-state index in [4.69, 9.17) is 14.2 Å². The molecule has 1 aliphatic carbocycles. The highest BCUT2D eigenvalue weighted by atomic mass is 35.5. The number of carbonyl (C=O) groups is 1. The van der Waals surface area contributed by atoms with Gasteiger partial charge in [-0.25, -0.2) is 0 Å². The number of hydrogen-bond acceptors (Lipinski definition) is 6. The molecule has 1 aliphatic heterocycles. The van der Waals surface area contributed by atoms with Crippen molar-refractivity contribution in [1.82, 2.24) is 9.80 Å². The second-order valence-electron chi connectivity index (χ2n) is 9.02. The Morgan fingerprint density at radius 2 is 1.68 bits per heavy atom. The Morgan fingerprint density at radius 3 is 2.35 bits per heavy atom. The van der Waals surface area contributed by atoms with E-state index in [1.165, 1.54) is 11.1 Å². The molecule has 34 heavy (non-hydrogen) atoms. The number of hydrogen-bond donors (Lipinski definition) is 1. The van der Waals surface area contributed by atoms with Crippen LogP contribution >= 0.6 is 12.4 Å². The Kier molecular flexibility index (Phi) is 8.55. The minimum absolute atomic E-state index is 0. The summed E-state index contributed by atoms with van der Waals surface area (Å²) in [5.74, 6) is 2.76. The van der Waals surface area contributed by atoms with Gasteiger partial charge in [-0.3, -0.25) is 4.79 Å². The van der Waals surface area contributed by atoms with E-state index in [1.807, 2.05) is 29.2 Å². The lowest BCUT2D eigenvalue weighted by atomic mass is 9.77. The first-order valence-electron chi connectivity index (χ1n) is 11.5. The lowest BCUT2D eigenvalue weighted by Crippen LogP contribution is -2.36. The summed E-state index contributed by atoms with van der Waals surface area (Å²) in [5.41, 5.74) is 4.66. The van der Waals surface area contributed by atoms with E-state index in [0.717, 1.165) is 56.6 Å². The number of amides is 1. The molecule has 0 spiro atoms. The van der Waals surface area contributed by atoms with Gasteiger partial charge in [0.25, 0.3) is 0 Å². The highest BCUT2D eigenvalue weighted by Gasteiger charge is 2.29. The molecule has 0 bridgehead atoms. The highest BCUT2D eigenvalue weighted by molar-refractivity contribution is 5.85. The normalized spacial score (nSPS) is 16.7. The van der Waals surface area contributed by atoms with Crippen molar-refractivity contribution >= 4 is 18.3 Å². The molecule has 7 nitrogen and oxygen atoms in total. The molecular weight excluding hydrogens is 456 g/mol. The molecule has 186 valence electrons. The maximum Gasteiger partial charge on any atom is 0.227 e. The zero-order valence-electron chi connectivity index (χ0n) is 20.4. The van der Waals surface area contributed by atoms with Crippen LogP contribution in [0.5, 0.6) is 23.0 Å². The van der Waals surface area contributed by atoms with E-state index in [9.17, 15) is 9.90 Å². The predicted octanol–water partition coefficient (Wildman–Crippen LogP) is 3.43. The van der Waals surface area contributed by atoms with Crippen molar-refractivity contribution in [2.75, 3.05) is 54.6 Å². The number of halogens is 1. The SMILES string of the molecule is COc1cc2c(cc1O)C[C@@H]2CN(C)CCCN1CCc2cc(OC)c(OC)cc2CC1=O.Cl. The van der Waals surface area contributed by atoms with Crippen LogP contribution in [0.25, 0.3) is 0 Å². The standard InChI is InChI=1S/C26H34N2O5.ClH/c1-27(16-20-10-19-11-22(29)23(31-2)15-21(19)20)7-5-8-28-9-6-17-12-24(32-3)25(33-4)13-18(17)14-26(28)30;/h11-13,15,20,29H,5-10,14,16H2,1-4H3;1H/t20-;/m1./s1. The number of rotatable bonds is 9. The first-order chi connectivity index (χ1) is 15.9. The van der Waals surface area contributed by atoms with Crippen LogP contribution in [-0.2, 0) is 24.1 Å². The molecule has 0 saturated heterocycles. The number of phenolic OH excluding ortho intramolecular Hbond substituents is 1. The summed E-state index contributed by atoms with van der Waals surface area (Å²) in [6.45, 7) is 3.37. The van der Waals surface area contributed by atoms with Crippen molar-refractivity contribution in [3.63, 3.8) is 0 Å². The summed E-state index contributed by atoms with van der Waals surface area (Å²) >= 11 is 0. The zero-order chi connectivity index (χ0) is 23.5. The van der Waals surface area contributed by atoms with E-state index in [-0.39, 0.29) is 24.1 Å². The van der Waals surface area contributed by atoms with Gasteiger partial charge in [-0.15, -0.1) is 12.4 Å². The van der Waals surface area contributed by atoms with E-state index in [1.54, 1.807) is 21.3 Å². The number of carbonyl (C=O) groups excluding carboxylic acids is 1. The van der Waals surface area contributed by atoms with Crippen LogP contribution < -0.4 is 14.2 Å². The average molecular weight is 491 g/mol. The number of aromatic hydroxyl groups is 1. The van der Waals surface area contributed by atoms with Gasteiger partial charge in [0, 0.05) is 25.6 Å². The number of benzene rings is 2. The van der Waals surface area contributed by atoms with Gasteiger partial charge in [0.15, 0.2) is 23.0 Å². The molecule has 1 N–H and O–H groups in total. The number of methoxy groups -OCH3 is 3. The second kappa shape index (κ2) is 11.2. The number of fused-ring (bicyclic) bond motifs is 2. The van der Waals surface area contributed by atoms with Gasteiger partial charge in [-0.05, 0) is 79.4 Å². The van der Waals surface area contributed by atoms with Crippen LogP contribution in [0.4, 0.5) is 0 Å². The fourth-order valence-corrected chi connectivity index (χ4v) is 5.01. The minimum Gasteiger partial charge on any atom is -0.504 e. The molecule has 1 atom stereocenters. The average Bonchev–Trinajstić information content (AvgIpc) is 2.95. The van der Waals surface area contributed by atoms with Gasteiger partial charge in [0.1, 0.15) is 0 Å². The summed E-state index contributed by atoms with van der Waals surface area (Å²) in [7, 11) is 6.97. The third-order valence-corrected chi connectivity index (χ3v) is 6.90.